The van der Waals surface area contributed by atoms with Crippen LogP contribution in [0.4, 0.5) is 13.2 Å². The number of aromatic nitrogens is 2. The van der Waals surface area contributed by atoms with Gasteiger partial charge in [-0.3, -0.25) is 9.59 Å². The molecule has 1 atom stereocenters. The van der Waals surface area contributed by atoms with Gasteiger partial charge in [0.2, 0.25) is 5.43 Å². The van der Waals surface area contributed by atoms with Gasteiger partial charge in [0.15, 0.2) is 5.69 Å². The molecule has 0 aliphatic heterocycles. The van der Waals surface area contributed by atoms with E-state index in [9.17, 15) is 22.8 Å². The minimum atomic E-state index is -4.62. The van der Waals surface area contributed by atoms with Crippen molar-refractivity contribution in [2.45, 2.75) is 19.1 Å². The van der Waals surface area contributed by atoms with E-state index in [2.05, 4.69) is 10.4 Å². The van der Waals surface area contributed by atoms with Crippen molar-refractivity contribution in [3.05, 3.63) is 93.4 Å². The van der Waals surface area contributed by atoms with Crippen molar-refractivity contribution in [2.24, 2.45) is 0 Å². The van der Waals surface area contributed by atoms with E-state index in [0.717, 1.165) is 22.4 Å². The number of carbonyl (C=O) groups excluding carboxylic acids is 1. The van der Waals surface area contributed by atoms with E-state index < -0.39 is 28.8 Å². The van der Waals surface area contributed by atoms with Gasteiger partial charge < -0.3 is 10.2 Å². The Hall–Kier alpha value is -3.46. The quantitative estimate of drug-likeness (QED) is 0.631. The second-order valence-corrected chi connectivity index (χ2v) is 7.53. The van der Waals surface area contributed by atoms with Crippen LogP contribution in [-0.2, 0) is 6.18 Å². The summed E-state index contributed by atoms with van der Waals surface area (Å²) in [5.74, 6) is -0.754. The first-order valence-corrected chi connectivity index (χ1v) is 9.86. The van der Waals surface area contributed by atoms with Gasteiger partial charge in [-0.2, -0.15) is 18.3 Å². The van der Waals surface area contributed by atoms with Crippen LogP contribution >= 0.6 is 0 Å². The Bertz CT molecular complexity index is 1160. The summed E-state index contributed by atoms with van der Waals surface area (Å²) in [4.78, 5) is 27.1. The average Bonchev–Trinajstić information content (AvgIpc) is 2.74. The van der Waals surface area contributed by atoms with Gasteiger partial charge in [0.1, 0.15) is 0 Å². The van der Waals surface area contributed by atoms with Crippen molar-refractivity contribution in [3.8, 4) is 5.69 Å². The van der Waals surface area contributed by atoms with E-state index in [0.29, 0.717) is 0 Å². The predicted octanol–water partition coefficient (Wildman–Crippen LogP) is 3.59. The van der Waals surface area contributed by atoms with Gasteiger partial charge >= 0.3 is 6.18 Å². The summed E-state index contributed by atoms with van der Waals surface area (Å²) in [6.07, 6.45) is -4.62. The highest BCUT2D eigenvalue weighted by Gasteiger charge is 2.34. The molecule has 0 aliphatic carbocycles. The Balaban J connectivity index is 1.93. The Kier molecular flexibility index (Phi) is 6.78. The summed E-state index contributed by atoms with van der Waals surface area (Å²) < 4.78 is 41.4. The molecule has 9 heteroatoms. The van der Waals surface area contributed by atoms with E-state index in [1.54, 1.807) is 0 Å². The van der Waals surface area contributed by atoms with Gasteiger partial charge in [-0.25, -0.2) is 4.68 Å². The van der Waals surface area contributed by atoms with E-state index >= 15 is 0 Å². The lowest BCUT2D eigenvalue weighted by Gasteiger charge is -2.25. The molecule has 168 valence electrons. The first-order valence-electron chi connectivity index (χ1n) is 9.86. The zero-order valence-electron chi connectivity index (χ0n) is 17.8. The molecule has 1 unspecified atom stereocenters. The van der Waals surface area contributed by atoms with Gasteiger partial charge in [-0.1, -0.05) is 42.5 Å². The third kappa shape index (κ3) is 5.05. The first kappa shape index (κ1) is 23.2. The number of nitrogens with one attached hydrogen (secondary N) is 1. The minimum Gasteiger partial charge on any atom is -0.349 e. The lowest BCUT2D eigenvalue weighted by Crippen LogP contribution is -2.37. The van der Waals surface area contributed by atoms with Gasteiger partial charge in [0, 0.05) is 18.3 Å². The van der Waals surface area contributed by atoms with Crippen LogP contribution in [0, 0.1) is 6.92 Å². The topological polar surface area (TPSA) is 67.2 Å². The molecule has 0 spiro atoms. The summed E-state index contributed by atoms with van der Waals surface area (Å²) in [6.45, 7) is 1.64. The Morgan fingerprint density at radius 1 is 1.09 bits per heavy atom. The molecule has 32 heavy (non-hydrogen) atoms. The maximum Gasteiger partial charge on any atom is 0.418 e. The number of halogens is 3. The Labute approximate surface area is 183 Å². The minimum absolute atomic E-state index is 0.168. The van der Waals surface area contributed by atoms with Crippen molar-refractivity contribution < 1.29 is 18.0 Å². The van der Waals surface area contributed by atoms with Crippen LogP contribution in [0.5, 0.6) is 0 Å². The number of alkyl halides is 3. The molecule has 0 radical (unpaired) electrons. The fraction of sp³-hybridized carbons (Fsp3) is 0.261. The summed E-state index contributed by atoms with van der Waals surface area (Å²) in [5, 5.41) is 6.67. The fourth-order valence-electron chi connectivity index (χ4n) is 3.39. The maximum atomic E-state index is 13.5. The lowest BCUT2D eigenvalue weighted by molar-refractivity contribution is -0.137. The number of amides is 1. The van der Waals surface area contributed by atoms with Crippen LogP contribution in [0.2, 0.25) is 0 Å². The third-order valence-corrected chi connectivity index (χ3v) is 5.02. The summed E-state index contributed by atoms with van der Waals surface area (Å²) >= 11 is 0. The zero-order valence-corrected chi connectivity index (χ0v) is 17.8. The lowest BCUT2D eigenvalue weighted by atomic mass is 10.1. The second-order valence-electron chi connectivity index (χ2n) is 7.53. The highest BCUT2D eigenvalue weighted by Crippen LogP contribution is 2.33. The molecule has 0 saturated heterocycles. The number of rotatable bonds is 6. The van der Waals surface area contributed by atoms with Crippen LogP contribution in [0.15, 0.2) is 65.5 Å². The van der Waals surface area contributed by atoms with Gasteiger partial charge in [-0.05, 0) is 38.7 Å². The molecule has 1 N–H and O–H groups in total. The van der Waals surface area contributed by atoms with Crippen LogP contribution in [0.3, 0.4) is 0 Å². The highest BCUT2D eigenvalue weighted by atomic mass is 19.4. The molecule has 1 heterocycles. The zero-order chi connectivity index (χ0) is 23.5. The molecule has 0 bridgehead atoms. The Morgan fingerprint density at radius 3 is 2.34 bits per heavy atom. The number of benzene rings is 2. The highest BCUT2D eigenvalue weighted by molar-refractivity contribution is 5.92. The molecule has 1 amide bonds. The van der Waals surface area contributed by atoms with Crippen LogP contribution < -0.4 is 10.7 Å². The van der Waals surface area contributed by atoms with Gasteiger partial charge in [0.05, 0.1) is 17.3 Å². The van der Waals surface area contributed by atoms with E-state index in [1.807, 2.05) is 49.3 Å². The number of hydrogen-bond donors (Lipinski definition) is 1. The first-order chi connectivity index (χ1) is 15.1. The maximum absolute atomic E-state index is 13.5. The Morgan fingerprint density at radius 2 is 1.72 bits per heavy atom. The molecule has 0 saturated carbocycles. The normalized spacial score (nSPS) is 12.6. The smallest absolute Gasteiger partial charge is 0.349 e. The van der Waals surface area contributed by atoms with Crippen molar-refractivity contribution in [2.75, 3.05) is 20.6 Å². The molecular formula is C23H23F3N4O2. The molecule has 0 fully saturated rings. The van der Waals surface area contributed by atoms with E-state index in [-0.39, 0.29) is 24.0 Å². The third-order valence-electron chi connectivity index (χ3n) is 5.02. The van der Waals surface area contributed by atoms with E-state index in [4.69, 9.17) is 0 Å². The summed E-state index contributed by atoms with van der Waals surface area (Å²) in [7, 11) is 3.71. The van der Waals surface area contributed by atoms with Gasteiger partial charge in [-0.15, -0.1) is 0 Å². The number of carbonyl (C=O) groups is 1. The predicted molar refractivity (Wildman–Crippen MR) is 115 cm³/mol. The standard InChI is InChI=1S/C23H23F3N4O2/c1-15-13-20(31)21(28-30(15)18-12-8-7-11-17(18)23(24,25)26)22(32)27-14-19(29(2)3)16-9-5-4-6-10-16/h4-13,19H,14H2,1-3H3,(H,27,32). The molecule has 6 nitrogen and oxygen atoms in total. The summed E-state index contributed by atoms with van der Waals surface area (Å²) in [5.41, 5.74) is -1.17. The van der Waals surface area contributed by atoms with Crippen LogP contribution in [-0.4, -0.2) is 41.2 Å². The molecule has 1 aromatic heterocycles. The average molecular weight is 444 g/mol. The molecule has 2 aromatic carbocycles. The largest absolute Gasteiger partial charge is 0.418 e. The molecule has 3 rings (SSSR count). The molecule has 0 aliphatic rings. The van der Waals surface area contributed by atoms with E-state index in [1.165, 1.54) is 25.1 Å². The number of hydrogen-bond acceptors (Lipinski definition) is 4. The van der Waals surface area contributed by atoms with Crippen molar-refractivity contribution >= 4 is 5.91 Å². The fourth-order valence-corrected chi connectivity index (χ4v) is 3.39. The van der Waals surface area contributed by atoms with Gasteiger partial charge in [0.25, 0.3) is 5.91 Å². The number of aryl methyl sites for hydroxylation is 1. The van der Waals surface area contributed by atoms with Crippen molar-refractivity contribution in [1.29, 1.82) is 0 Å². The second kappa shape index (κ2) is 9.35. The molecular weight excluding hydrogens is 421 g/mol. The SMILES string of the molecule is Cc1cc(=O)c(C(=O)NCC(c2ccccc2)N(C)C)nn1-c1ccccc1C(F)(F)F. The summed E-state index contributed by atoms with van der Waals surface area (Å²) in [6, 6.07) is 15.3. The van der Waals surface area contributed by atoms with Crippen LogP contribution in [0.25, 0.3) is 5.69 Å². The molecule has 3 aromatic rings. The van der Waals surface area contributed by atoms with Crippen molar-refractivity contribution in [1.82, 2.24) is 20.0 Å². The van der Waals surface area contributed by atoms with Crippen LogP contribution in [0.1, 0.15) is 33.4 Å². The monoisotopic (exact) mass is 444 g/mol. The number of para-hydroxylation sites is 1. The number of nitrogens with zero attached hydrogens (tertiary/aromatic N) is 3. The number of likely N-dealkylation sites (N-methyl/N-ethyl adjacent to an activating group) is 1. The van der Waals surface area contributed by atoms with Crippen molar-refractivity contribution in [3.63, 3.8) is 0 Å².